The minimum Gasteiger partial charge on any atom is -0.497 e. The fourth-order valence-corrected chi connectivity index (χ4v) is 4.36. The summed E-state index contributed by atoms with van der Waals surface area (Å²) in [5.74, 6) is 0.849. The number of carbonyl (C=O) groups excluding carboxylic acids is 1. The van der Waals surface area contributed by atoms with Crippen molar-refractivity contribution in [3.8, 4) is 22.7 Å². The van der Waals surface area contributed by atoms with E-state index < -0.39 is 0 Å². The molecule has 0 aliphatic rings. The van der Waals surface area contributed by atoms with Gasteiger partial charge in [0.25, 0.3) is 0 Å². The van der Waals surface area contributed by atoms with Gasteiger partial charge in [0.1, 0.15) is 5.75 Å². The number of nitrogens with zero attached hydrogens (tertiary/aromatic N) is 3. The van der Waals surface area contributed by atoms with Gasteiger partial charge in [0, 0.05) is 27.9 Å². The fourth-order valence-electron chi connectivity index (χ4n) is 2.84. The zero-order valence-electron chi connectivity index (χ0n) is 15.9. The van der Waals surface area contributed by atoms with Crippen molar-refractivity contribution in [2.24, 2.45) is 0 Å². The summed E-state index contributed by atoms with van der Waals surface area (Å²) in [5.41, 5.74) is 2.73. The number of amides is 1. The van der Waals surface area contributed by atoms with Crippen molar-refractivity contribution >= 4 is 45.7 Å². The van der Waals surface area contributed by atoms with Crippen LogP contribution >= 0.6 is 34.7 Å². The van der Waals surface area contributed by atoms with E-state index in [9.17, 15) is 4.79 Å². The first-order valence-corrected chi connectivity index (χ1v) is 11.2. The SMILES string of the molecule is COc1ccc(-c2cnc(SCC(=O)Nc3nccs3)n2-c2cccc(Cl)c2)cc1. The van der Waals surface area contributed by atoms with Crippen LogP contribution < -0.4 is 10.1 Å². The van der Waals surface area contributed by atoms with Gasteiger partial charge in [0.05, 0.1) is 24.8 Å². The van der Waals surface area contributed by atoms with Gasteiger partial charge in [-0.15, -0.1) is 11.3 Å². The molecular weight excluding hydrogens is 440 g/mol. The number of methoxy groups -OCH3 is 1. The zero-order chi connectivity index (χ0) is 20.9. The summed E-state index contributed by atoms with van der Waals surface area (Å²) < 4.78 is 7.25. The maximum atomic E-state index is 12.3. The second kappa shape index (κ2) is 9.34. The molecule has 0 aliphatic carbocycles. The number of anilines is 1. The van der Waals surface area contributed by atoms with E-state index in [1.54, 1.807) is 19.5 Å². The quantitative estimate of drug-likeness (QED) is 0.377. The van der Waals surface area contributed by atoms with Crippen molar-refractivity contribution < 1.29 is 9.53 Å². The van der Waals surface area contributed by atoms with Gasteiger partial charge >= 0.3 is 0 Å². The molecule has 0 spiro atoms. The Bertz CT molecular complexity index is 1140. The summed E-state index contributed by atoms with van der Waals surface area (Å²) in [6, 6.07) is 15.3. The summed E-state index contributed by atoms with van der Waals surface area (Å²) in [4.78, 5) is 20.9. The number of halogens is 1. The van der Waals surface area contributed by atoms with Gasteiger partial charge in [-0.25, -0.2) is 9.97 Å². The molecule has 0 saturated carbocycles. The highest BCUT2D eigenvalue weighted by molar-refractivity contribution is 7.99. The molecule has 0 aliphatic heterocycles. The second-order valence-corrected chi connectivity index (χ2v) is 8.42. The normalized spacial score (nSPS) is 10.7. The molecule has 0 fully saturated rings. The van der Waals surface area contributed by atoms with Crippen molar-refractivity contribution in [3.63, 3.8) is 0 Å². The van der Waals surface area contributed by atoms with Crippen LogP contribution in [0.5, 0.6) is 5.75 Å². The Labute approximate surface area is 186 Å². The van der Waals surface area contributed by atoms with E-state index in [4.69, 9.17) is 16.3 Å². The molecule has 152 valence electrons. The monoisotopic (exact) mass is 456 g/mol. The molecule has 30 heavy (non-hydrogen) atoms. The Morgan fingerprint density at radius 2 is 2.07 bits per heavy atom. The highest BCUT2D eigenvalue weighted by Crippen LogP contribution is 2.31. The standard InChI is InChI=1S/C21H17ClN4O2S2/c1-28-17-7-5-14(6-8-17)18-12-24-21(26(18)16-4-2-3-15(22)11-16)30-13-19(27)25-20-23-9-10-29-20/h2-12H,13H2,1H3,(H,23,25,27). The topological polar surface area (TPSA) is 69.0 Å². The van der Waals surface area contributed by atoms with Crippen LogP contribution in [0.1, 0.15) is 0 Å². The lowest BCUT2D eigenvalue weighted by Gasteiger charge is -2.13. The molecule has 0 radical (unpaired) electrons. The van der Waals surface area contributed by atoms with Crippen molar-refractivity contribution in [2.45, 2.75) is 5.16 Å². The van der Waals surface area contributed by atoms with E-state index >= 15 is 0 Å². The van der Waals surface area contributed by atoms with Gasteiger partial charge in [0.2, 0.25) is 5.91 Å². The molecule has 2 aromatic carbocycles. The Morgan fingerprint density at radius 3 is 2.77 bits per heavy atom. The van der Waals surface area contributed by atoms with Crippen LogP contribution in [-0.4, -0.2) is 33.3 Å². The van der Waals surface area contributed by atoms with E-state index in [1.807, 2.05) is 58.5 Å². The van der Waals surface area contributed by atoms with Crippen molar-refractivity contribution in [1.82, 2.24) is 14.5 Å². The van der Waals surface area contributed by atoms with Crippen molar-refractivity contribution in [2.75, 3.05) is 18.2 Å². The summed E-state index contributed by atoms with van der Waals surface area (Å²) in [6.45, 7) is 0. The summed E-state index contributed by atoms with van der Waals surface area (Å²) in [7, 11) is 1.64. The number of nitrogens with one attached hydrogen (secondary N) is 1. The van der Waals surface area contributed by atoms with Gasteiger partial charge in [0.15, 0.2) is 10.3 Å². The number of thiazole rings is 1. The van der Waals surface area contributed by atoms with Crippen molar-refractivity contribution in [3.05, 3.63) is 71.3 Å². The Balaban J connectivity index is 1.64. The van der Waals surface area contributed by atoms with E-state index in [0.29, 0.717) is 15.3 Å². The second-order valence-electron chi connectivity index (χ2n) is 6.14. The summed E-state index contributed by atoms with van der Waals surface area (Å²) in [5, 5.41) is 6.50. The molecule has 1 amide bonds. The van der Waals surface area contributed by atoms with E-state index in [-0.39, 0.29) is 11.7 Å². The highest BCUT2D eigenvalue weighted by atomic mass is 35.5. The van der Waals surface area contributed by atoms with Gasteiger partial charge in [-0.1, -0.05) is 29.4 Å². The van der Waals surface area contributed by atoms with E-state index in [1.165, 1.54) is 23.1 Å². The van der Waals surface area contributed by atoms with Crippen LogP contribution in [0.3, 0.4) is 0 Å². The first kappa shape index (κ1) is 20.5. The van der Waals surface area contributed by atoms with Crippen LogP contribution in [-0.2, 0) is 4.79 Å². The van der Waals surface area contributed by atoms with Crippen LogP contribution in [0.2, 0.25) is 5.02 Å². The molecule has 0 unspecified atom stereocenters. The molecule has 4 aromatic rings. The molecule has 6 nitrogen and oxygen atoms in total. The Morgan fingerprint density at radius 1 is 1.23 bits per heavy atom. The van der Waals surface area contributed by atoms with Gasteiger partial charge in [-0.2, -0.15) is 0 Å². The van der Waals surface area contributed by atoms with Gasteiger partial charge in [-0.05, 0) is 42.5 Å². The lowest BCUT2D eigenvalue weighted by molar-refractivity contribution is -0.113. The predicted molar refractivity (Wildman–Crippen MR) is 122 cm³/mol. The minimum atomic E-state index is -0.137. The molecule has 0 atom stereocenters. The largest absolute Gasteiger partial charge is 0.497 e. The number of benzene rings is 2. The van der Waals surface area contributed by atoms with E-state index in [2.05, 4.69) is 15.3 Å². The molecule has 0 saturated heterocycles. The number of hydrogen-bond donors (Lipinski definition) is 1. The number of hydrogen-bond acceptors (Lipinski definition) is 6. The number of aromatic nitrogens is 3. The third kappa shape index (κ3) is 4.67. The van der Waals surface area contributed by atoms with E-state index in [0.717, 1.165) is 22.7 Å². The zero-order valence-corrected chi connectivity index (χ0v) is 18.3. The van der Waals surface area contributed by atoms with Gasteiger partial charge in [-0.3, -0.25) is 9.36 Å². The third-order valence-corrected chi connectivity index (χ3v) is 6.07. The summed E-state index contributed by atoms with van der Waals surface area (Å²) in [6.07, 6.45) is 3.45. The Hall–Kier alpha value is -2.81. The third-order valence-electron chi connectivity index (χ3n) is 4.19. The number of imidazole rings is 1. The maximum Gasteiger partial charge on any atom is 0.236 e. The molecule has 9 heteroatoms. The highest BCUT2D eigenvalue weighted by Gasteiger charge is 2.16. The number of ether oxygens (including phenoxy) is 1. The molecule has 4 rings (SSSR count). The van der Waals surface area contributed by atoms with Crippen LogP contribution in [0.4, 0.5) is 5.13 Å². The number of rotatable bonds is 7. The molecule has 1 N–H and O–H groups in total. The first-order valence-electron chi connectivity index (χ1n) is 8.94. The predicted octanol–water partition coefficient (Wildman–Crippen LogP) is 5.39. The first-order chi connectivity index (χ1) is 14.6. The average Bonchev–Trinajstić information content (AvgIpc) is 3.42. The summed E-state index contributed by atoms with van der Waals surface area (Å²) >= 11 is 8.96. The number of thioether (sulfide) groups is 1. The molecule has 2 aromatic heterocycles. The van der Waals surface area contributed by atoms with Crippen LogP contribution in [0, 0.1) is 0 Å². The van der Waals surface area contributed by atoms with Crippen LogP contribution in [0.15, 0.2) is 71.5 Å². The smallest absolute Gasteiger partial charge is 0.236 e. The molecular formula is C21H17ClN4O2S2. The minimum absolute atomic E-state index is 0.137. The Kier molecular flexibility index (Phi) is 6.37. The lowest BCUT2D eigenvalue weighted by atomic mass is 10.1. The average molecular weight is 457 g/mol. The molecule has 2 heterocycles. The maximum absolute atomic E-state index is 12.3. The molecule has 0 bridgehead atoms. The number of carbonyl (C=O) groups is 1. The lowest BCUT2D eigenvalue weighted by Crippen LogP contribution is -2.14. The van der Waals surface area contributed by atoms with Crippen molar-refractivity contribution in [1.29, 1.82) is 0 Å². The van der Waals surface area contributed by atoms with Gasteiger partial charge < -0.3 is 10.1 Å². The fraction of sp³-hybridized carbons (Fsp3) is 0.0952. The van der Waals surface area contributed by atoms with Crippen LogP contribution in [0.25, 0.3) is 16.9 Å².